The summed E-state index contributed by atoms with van der Waals surface area (Å²) in [5, 5.41) is 5.94. The Morgan fingerprint density at radius 1 is 0.550 bits per heavy atom. The van der Waals surface area contributed by atoms with Gasteiger partial charge in [-0.1, -0.05) is 36.4 Å². The highest BCUT2D eigenvalue weighted by Crippen LogP contribution is 2.40. The zero-order chi connectivity index (χ0) is 29.0. The molecule has 5 rings (SSSR count). The van der Waals surface area contributed by atoms with Gasteiger partial charge in [-0.05, 0) is 61.4 Å². The summed E-state index contributed by atoms with van der Waals surface area (Å²) in [5.74, 6) is -0.958. The Morgan fingerprint density at radius 2 is 0.900 bits per heavy atom. The molecule has 0 saturated carbocycles. The Bertz CT molecular complexity index is 1830. The third kappa shape index (κ3) is 5.11. The van der Waals surface area contributed by atoms with Gasteiger partial charge in [-0.2, -0.15) is 0 Å². The summed E-state index contributed by atoms with van der Waals surface area (Å²) in [5.41, 5.74) is 2.14. The molecule has 0 heterocycles. The number of hydrogen-bond acceptors (Lipinski definition) is 8. The predicted octanol–water partition coefficient (Wildman–Crippen LogP) is 6.42. The number of ketones is 2. The van der Waals surface area contributed by atoms with Gasteiger partial charge in [0.2, 0.25) is 0 Å². The Morgan fingerprint density at radius 3 is 1.25 bits per heavy atom. The van der Waals surface area contributed by atoms with Crippen molar-refractivity contribution in [2.24, 2.45) is 0 Å². The maximum Gasteiger partial charge on any atom is 0.263 e. The fourth-order valence-corrected chi connectivity index (χ4v) is 6.77. The number of carbonyl (C=O) groups excluding carboxylic acids is 2. The van der Waals surface area contributed by atoms with Gasteiger partial charge in [0, 0.05) is 32.5 Å². The van der Waals surface area contributed by atoms with E-state index in [1.165, 1.54) is 48.5 Å². The third-order valence-electron chi connectivity index (χ3n) is 6.41. The number of carbonyl (C=O) groups is 2. The monoisotopic (exact) mass is 614 g/mol. The Balaban J connectivity index is 1.73. The van der Waals surface area contributed by atoms with E-state index in [1.54, 1.807) is 38.1 Å². The summed E-state index contributed by atoms with van der Waals surface area (Å²) < 4.78 is 49.2. The Kier molecular flexibility index (Phi) is 6.99. The van der Waals surface area contributed by atoms with Crippen molar-refractivity contribution in [3.8, 4) is 0 Å². The van der Waals surface area contributed by atoms with Crippen molar-refractivity contribution in [1.29, 1.82) is 0 Å². The quantitative estimate of drug-likeness (QED) is 0.210. The van der Waals surface area contributed by atoms with Crippen LogP contribution in [0.1, 0.15) is 43.0 Å². The molecule has 204 valence electrons. The number of aryl methyl sites for hydroxylation is 2. The second kappa shape index (κ2) is 10.0. The van der Waals surface area contributed by atoms with Gasteiger partial charge in [-0.25, -0.2) is 16.8 Å². The van der Waals surface area contributed by atoms with E-state index in [0.717, 1.165) is 0 Å². The van der Waals surface area contributed by atoms with Gasteiger partial charge in [0.15, 0.2) is 11.6 Å². The van der Waals surface area contributed by atoms with Crippen LogP contribution in [0.4, 0.5) is 22.7 Å². The molecule has 0 bridgehead atoms. The number of rotatable bonds is 6. The maximum atomic E-state index is 13.8. The molecule has 0 radical (unpaired) electrons. The highest BCUT2D eigenvalue weighted by molar-refractivity contribution is 8.14. The molecule has 40 heavy (non-hydrogen) atoms. The van der Waals surface area contributed by atoms with Gasteiger partial charge in [-0.3, -0.25) is 9.59 Å². The van der Waals surface area contributed by atoms with Crippen LogP contribution in [0, 0.1) is 13.8 Å². The molecule has 0 atom stereocenters. The molecule has 0 spiro atoms. The molecule has 0 saturated heterocycles. The highest BCUT2D eigenvalue weighted by Gasteiger charge is 2.34. The normalized spacial score (nSPS) is 13.0. The van der Waals surface area contributed by atoms with Crippen LogP contribution >= 0.6 is 21.4 Å². The van der Waals surface area contributed by atoms with E-state index in [-0.39, 0.29) is 54.8 Å². The van der Waals surface area contributed by atoms with E-state index in [4.69, 9.17) is 21.4 Å². The van der Waals surface area contributed by atoms with Crippen LogP contribution in [0.15, 0.2) is 82.6 Å². The van der Waals surface area contributed by atoms with E-state index >= 15 is 0 Å². The third-order valence-corrected chi connectivity index (χ3v) is 9.14. The average Bonchev–Trinajstić information content (AvgIpc) is 2.88. The number of halogens is 2. The molecule has 4 aromatic carbocycles. The number of hydrogen-bond donors (Lipinski definition) is 2. The van der Waals surface area contributed by atoms with Crippen LogP contribution in [0.3, 0.4) is 0 Å². The highest BCUT2D eigenvalue weighted by atomic mass is 35.7. The molecule has 12 heteroatoms. The van der Waals surface area contributed by atoms with Gasteiger partial charge in [0.25, 0.3) is 18.1 Å². The van der Waals surface area contributed by atoms with Crippen molar-refractivity contribution in [2.75, 3.05) is 10.6 Å². The van der Waals surface area contributed by atoms with Crippen molar-refractivity contribution in [3.63, 3.8) is 0 Å². The SMILES string of the molecule is Cc1ccc(Nc2ccc(Nc3ccc(C)cc3S(=O)(=O)Cl)c3c2C(=O)c2ccccc2C3=O)c(S(=O)(=O)Cl)c1. The minimum atomic E-state index is -4.17. The van der Waals surface area contributed by atoms with Crippen LogP contribution in [0.2, 0.25) is 0 Å². The number of nitrogens with one attached hydrogen (secondary N) is 2. The van der Waals surface area contributed by atoms with Crippen LogP contribution in [0.25, 0.3) is 0 Å². The topological polar surface area (TPSA) is 126 Å². The molecule has 4 aromatic rings. The summed E-state index contributed by atoms with van der Waals surface area (Å²) in [6, 6.07) is 18.4. The summed E-state index contributed by atoms with van der Waals surface area (Å²) in [6.07, 6.45) is 0. The smallest absolute Gasteiger partial charge is 0.263 e. The lowest BCUT2D eigenvalue weighted by Crippen LogP contribution is -2.23. The van der Waals surface area contributed by atoms with Crippen molar-refractivity contribution < 1.29 is 26.4 Å². The van der Waals surface area contributed by atoms with E-state index in [0.29, 0.717) is 11.1 Å². The summed E-state index contributed by atoms with van der Waals surface area (Å²) in [7, 11) is 3.04. The first-order valence-corrected chi connectivity index (χ1v) is 16.4. The van der Waals surface area contributed by atoms with Gasteiger partial charge in [0.1, 0.15) is 9.79 Å². The first kappa shape index (κ1) is 27.9. The summed E-state index contributed by atoms with van der Waals surface area (Å²) in [6.45, 7) is 3.41. The first-order chi connectivity index (χ1) is 18.8. The molecule has 0 aliphatic heterocycles. The molecule has 0 fully saturated rings. The molecule has 1 aliphatic carbocycles. The molecule has 0 aromatic heterocycles. The molecular weight excluding hydrogens is 595 g/mol. The van der Waals surface area contributed by atoms with Crippen LogP contribution in [-0.4, -0.2) is 28.4 Å². The molecule has 0 unspecified atom stereocenters. The standard InChI is InChI=1S/C28H20Cl2N2O6S2/c1-15-7-9-19(23(13-15)39(29,35)36)31-21-11-12-22(32-20-10-8-16(2)14-24(20)40(30,37)38)26-25(21)27(33)17-5-3-4-6-18(17)28(26)34/h3-14,31-32H,1-2H3. The second-order valence-corrected chi connectivity index (χ2v) is 14.3. The van der Waals surface area contributed by atoms with Crippen molar-refractivity contribution in [2.45, 2.75) is 23.6 Å². The van der Waals surface area contributed by atoms with E-state index in [9.17, 15) is 26.4 Å². The van der Waals surface area contributed by atoms with E-state index in [2.05, 4.69) is 10.6 Å². The molecule has 0 amide bonds. The zero-order valence-electron chi connectivity index (χ0n) is 21.0. The minimum Gasteiger partial charge on any atom is -0.354 e. The fraction of sp³-hybridized carbons (Fsp3) is 0.0714. The second-order valence-electron chi connectivity index (χ2n) is 9.24. The van der Waals surface area contributed by atoms with Gasteiger partial charge < -0.3 is 10.6 Å². The lowest BCUT2D eigenvalue weighted by atomic mass is 9.82. The number of fused-ring (bicyclic) bond motifs is 2. The van der Waals surface area contributed by atoms with Gasteiger partial charge >= 0.3 is 0 Å². The molecular formula is C28H20Cl2N2O6S2. The summed E-state index contributed by atoms with van der Waals surface area (Å²) in [4.78, 5) is 27.2. The number of anilines is 4. The largest absolute Gasteiger partial charge is 0.354 e. The van der Waals surface area contributed by atoms with E-state index in [1.807, 2.05) is 0 Å². The molecule has 1 aliphatic rings. The molecule has 2 N–H and O–H groups in total. The Hall–Kier alpha value is -3.70. The van der Waals surface area contributed by atoms with E-state index < -0.39 is 29.7 Å². The summed E-state index contributed by atoms with van der Waals surface area (Å²) >= 11 is 0. The average molecular weight is 616 g/mol. The van der Waals surface area contributed by atoms with Crippen LogP contribution in [0.5, 0.6) is 0 Å². The van der Waals surface area contributed by atoms with Gasteiger partial charge in [0.05, 0.1) is 33.9 Å². The van der Waals surface area contributed by atoms with Crippen molar-refractivity contribution >= 4 is 73.8 Å². The van der Waals surface area contributed by atoms with Gasteiger partial charge in [-0.15, -0.1) is 0 Å². The van der Waals surface area contributed by atoms with Crippen molar-refractivity contribution in [3.05, 3.63) is 106 Å². The van der Waals surface area contributed by atoms with Crippen LogP contribution in [-0.2, 0) is 18.1 Å². The fourth-order valence-electron chi connectivity index (χ4n) is 4.59. The Labute approximate surface area is 239 Å². The first-order valence-electron chi connectivity index (χ1n) is 11.8. The maximum absolute atomic E-state index is 13.8. The lowest BCUT2D eigenvalue weighted by molar-refractivity contribution is 0.0980. The van der Waals surface area contributed by atoms with Crippen molar-refractivity contribution in [1.82, 2.24) is 0 Å². The van der Waals surface area contributed by atoms with Crippen LogP contribution < -0.4 is 10.6 Å². The minimum absolute atomic E-state index is 0.0189. The molecule has 8 nitrogen and oxygen atoms in total. The predicted molar refractivity (Wildman–Crippen MR) is 155 cm³/mol. The zero-order valence-corrected chi connectivity index (χ0v) is 24.1. The lowest BCUT2D eigenvalue weighted by Gasteiger charge is -2.24. The number of benzene rings is 4.